The first kappa shape index (κ1) is 5.68. The third-order valence-electron chi connectivity index (χ3n) is 0.133. The SMILES string of the molecule is FC(=S)N(F)F. The Balaban J connectivity index is 3.26. The lowest BCUT2D eigenvalue weighted by atomic mass is 11.4. The summed E-state index contributed by atoms with van der Waals surface area (Å²) in [4.78, 5) is 0. The van der Waals surface area contributed by atoms with Crippen molar-refractivity contribution in [3.63, 3.8) is 0 Å². The average molecular weight is 115 g/mol. The van der Waals surface area contributed by atoms with Gasteiger partial charge in [0.2, 0.25) is 0 Å². The van der Waals surface area contributed by atoms with Crippen molar-refractivity contribution in [2.24, 2.45) is 0 Å². The van der Waals surface area contributed by atoms with Crippen molar-refractivity contribution in [3.05, 3.63) is 0 Å². The van der Waals surface area contributed by atoms with Gasteiger partial charge in [-0.25, -0.2) is 0 Å². The Morgan fingerprint density at radius 3 is 1.67 bits per heavy atom. The minimum absolute atomic E-state index is 1.77. The second-order valence-electron chi connectivity index (χ2n) is 0.486. The highest BCUT2D eigenvalue weighted by atomic mass is 32.1. The minimum Gasteiger partial charge on any atom is -0.168 e. The van der Waals surface area contributed by atoms with E-state index < -0.39 is 10.6 Å². The molecule has 0 spiro atoms. The molecule has 0 aromatic carbocycles. The molecule has 0 rings (SSSR count). The monoisotopic (exact) mass is 115 g/mol. The van der Waals surface area contributed by atoms with Gasteiger partial charge in [0.1, 0.15) is 0 Å². The first-order valence-electron chi connectivity index (χ1n) is 0.955. The molecule has 0 atom stereocenters. The number of thiocarbonyl (C=S) groups is 1. The summed E-state index contributed by atoms with van der Waals surface area (Å²) in [7, 11) is 0. The third-order valence-corrected chi connectivity index (χ3v) is 0.271. The zero-order valence-electron chi connectivity index (χ0n) is 2.49. The van der Waals surface area contributed by atoms with Crippen LogP contribution in [0.5, 0.6) is 0 Å². The summed E-state index contributed by atoms with van der Waals surface area (Å²) in [5.74, 6) is 0. The van der Waals surface area contributed by atoms with Crippen LogP contribution >= 0.6 is 12.2 Å². The molecule has 0 amide bonds. The van der Waals surface area contributed by atoms with E-state index in [1.54, 1.807) is 0 Å². The van der Waals surface area contributed by atoms with Crippen LogP contribution in [0.1, 0.15) is 0 Å². The lowest BCUT2D eigenvalue weighted by molar-refractivity contribution is -0.0807. The second-order valence-corrected chi connectivity index (χ2v) is 0.823. The molecule has 1 nitrogen and oxygen atoms in total. The van der Waals surface area contributed by atoms with E-state index in [0.717, 1.165) is 0 Å². The van der Waals surface area contributed by atoms with Gasteiger partial charge in [-0.1, -0.05) is 8.96 Å². The lowest BCUT2D eigenvalue weighted by Crippen LogP contribution is -2.02. The number of halogens is 3. The Morgan fingerprint density at radius 2 is 1.67 bits per heavy atom. The molecule has 0 fully saturated rings. The first-order chi connectivity index (χ1) is 2.64. The van der Waals surface area contributed by atoms with E-state index in [9.17, 15) is 13.4 Å². The van der Waals surface area contributed by atoms with Gasteiger partial charge in [0.15, 0.2) is 0 Å². The van der Waals surface area contributed by atoms with Gasteiger partial charge in [0.25, 0.3) is 0 Å². The molecule has 0 aliphatic rings. The highest BCUT2D eigenvalue weighted by Gasteiger charge is 2.00. The summed E-state index contributed by atoms with van der Waals surface area (Å²) >= 11 is 3.33. The molecule has 0 heterocycles. The predicted octanol–water partition coefficient (Wildman–Crippen LogP) is 1.31. The zero-order valence-corrected chi connectivity index (χ0v) is 3.31. The van der Waals surface area contributed by atoms with Crippen LogP contribution in [0, 0.1) is 0 Å². The largest absolute Gasteiger partial charge is 0.316 e. The molecule has 0 aromatic rings. The Morgan fingerprint density at radius 1 is 1.50 bits per heavy atom. The van der Waals surface area contributed by atoms with Crippen LogP contribution in [0.4, 0.5) is 13.4 Å². The number of hydrogen-bond donors (Lipinski definition) is 0. The highest BCUT2D eigenvalue weighted by Crippen LogP contribution is 1.91. The fourth-order valence-electron chi connectivity index (χ4n) is 0. The van der Waals surface area contributed by atoms with Gasteiger partial charge in [0, 0.05) is 5.34 Å². The zero-order chi connectivity index (χ0) is 5.15. The van der Waals surface area contributed by atoms with Crippen LogP contribution in [-0.4, -0.2) is 10.6 Å². The van der Waals surface area contributed by atoms with Crippen LogP contribution in [-0.2, 0) is 0 Å². The van der Waals surface area contributed by atoms with E-state index in [-0.39, 0.29) is 0 Å². The quantitative estimate of drug-likeness (QED) is 0.203. The van der Waals surface area contributed by atoms with Crippen molar-refractivity contribution in [1.82, 2.24) is 5.34 Å². The van der Waals surface area contributed by atoms with Crippen molar-refractivity contribution in [1.29, 1.82) is 0 Å². The predicted molar refractivity (Wildman–Crippen MR) is 17.8 cm³/mol. The minimum atomic E-state index is -1.91. The topological polar surface area (TPSA) is 3.24 Å². The van der Waals surface area contributed by atoms with E-state index in [0.29, 0.717) is 0 Å². The molecular weight excluding hydrogens is 115 g/mol. The fourth-order valence-corrected chi connectivity index (χ4v) is 0. The summed E-state index contributed by atoms with van der Waals surface area (Å²) in [6.07, 6.45) is 0. The number of rotatable bonds is 0. The van der Waals surface area contributed by atoms with Crippen molar-refractivity contribution >= 4 is 17.5 Å². The normalized spacial score (nSPS) is 7.83. The van der Waals surface area contributed by atoms with Crippen LogP contribution in [0.15, 0.2) is 0 Å². The van der Waals surface area contributed by atoms with E-state index in [1.165, 1.54) is 0 Å². The van der Waals surface area contributed by atoms with Gasteiger partial charge < -0.3 is 0 Å². The molecule has 5 heteroatoms. The molecule has 0 bridgehead atoms. The molecule has 0 N–H and O–H groups in total. The molecular formula is CF3NS. The van der Waals surface area contributed by atoms with Gasteiger partial charge in [-0.15, -0.1) is 0 Å². The maximum atomic E-state index is 10.7. The maximum absolute atomic E-state index is 10.7. The highest BCUT2D eigenvalue weighted by molar-refractivity contribution is 7.79. The van der Waals surface area contributed by atoms with Gasteiger partial charge in [-0.3, -0.25) is 0 Å². The van der Waals surface area contributed by atoms with Crippen molar-refractivity contribution in [2.45, 2.75) is 0 Å². The van der Waals surface area contributed by atoms with Gasteiger partial charge in [-0.05, 0) is 12.2 Å². The lowest BCUT2D eigenvalue weighted by Gasteiger charge is -1.86. The summed E-state index contributed by atoms with van der Waals surface area (Å²) < 4.78 is 31.7. The molecule has 0 aliphatic carbocycles. The molecule has 0 saturated heterocycles. The Bertz CT molecular complexity index is 61.8. The van der Waals surface area contributed by atoms with Crippen LogP contribution < -0.4 is 0 Å². The Hall–Kier alpha value is -0.320. The van der Waals surface area contributed by atoms with Crippen LogP contribution in [0.25, 0.3) is 0 Å². The molecule has 0 aromatic heterocycles. The Labute approximate surface area is 37.2 Å². The first-order valence-corrected chi connectivity index (χ1v) is 1.36. The molecule has 0 radical (unpaired) electrons. The number of nitrogens with zero attached hydrogens (tertiary/aromatic N) is 1. The third kappa shape index (κ3) is 1.95. The molecule has 36 valence electrons. The van der Waals surface area contributed by atoms with E-state index in [2.05, 4.69) is 12.2 Å². The fraction of sp³-hybridized carbons (Fsp3) is 0. The van der Waals surface area contributed by atoms with Crippen LogP contribution in [0.3, 0.4) is 0 Å². The van der Waals surface area contributed by atoms with E-state index in [4.69, 9.17) is 0 Å². The standard InChI is InChI=1S/CF3NS/c2-1(6)5(3)4. The summed E-state index contributed by atoms with van der Waals surface area (Å²) in [5, 5.41) is -3.68. The molecule has 0 saturated carbocycles. The summed E-state index contributed by atoms with van der Waals surface area (Å²) in [6, 6.07) is 0. The second kappa shape index (κ2) is 1.96. The van der Waals surface area contributed by atoms with Crippen molar-refractivity contribution in [3.8, 4) is 0 Å². The summed E-state index contributed by atoms with van der Waals surface area (Å²) in [5.41, 5.74) is 0. The van der Waals surface area contributed by atoms with Crippen molar-refractivity contribution < 1.29 is 13.4 Å². The van der Waals surface area contributed by atoms with Gasteiger partial charge in [0.05, 0.1) is 0 Å². The van der Waals surface area contributed by atoms with E-state index >= 15 is 0 Å². The van der Waals surface area contributed by atoms with Crippen LogP contribution in [0.2, 0.25) is 0 Å². The maximum Gasteiger partial charge on any atom is 0.316 e. The molecule has 0 unspecified atom stereocenters. The Kier molecular flexibility index (Phi) is 1.86. The van der Waals surface area contributed by atoms with Gasteiger partial charge >= 0.3 is 5.24 Å². The molecule has 6 heavy (non-hydrogen) atoms. The average Bonchev–Trinajstić information content (AvgIpc) is 1.36. The number of hydrogen-bond acceptors (Lipinski definition) is 1. The smallest absolute Gasteiger partial charge is 0.168 e. The molecule has 0 aliphatic heterocycles. The summed E-state index contributed by atoms with van der Waals surface area (Å²) in [6.45, 7) is 0. The van der Waals surface area contributed by atoms with E-state index in [1.807, 2.05) is 0 Å². The van der Waals surface area contributed by atoms with Gasteiger partial charge in [-0.2, -0.15) is 4.39 Å². The van der Waals surface area contributed by atoms with Crippen molar-refractivity contribution in [2.75, 3.05) is 0 Å².